The van der Waals surface area contributed by atoms with Crippen molar-refractivity contribution in [2.45, 2.75) is 51.2 Å². The minimum absolute atomic E-state index is 0.0149. The highest BCUT2D eigenvalue weighted by molar-refractivity contribution is 7.99. The SMILES string of the molecule is CCOC(=O)c1sc2nc(SCC(=O)N3CCCC[C@H]3C)n(N)c(=O)c2c1C. The molecule has 2 N–H and O–H groups in total. The lowest BCUT2D eigenvalue weighted by Gasteiger charge is -2.33. The number of carbonyl (C=O) groups is 2. The van der Waals surface area contributed by atoms with E-state index in [1.54, 1.807) is 13.8 Å². The molecule has 152 valence electrons. The normalized spacial score (nSPS) is 17.1. The molecule has 8 nitrogen and oxygen atoms in total. The van der Waals surface area contributed by atoms with Gasteiger partial charge in [0.1, 0.15) is 9.71 Å². The monoisotopic (exact) mass is 424 g/mol. The number of piperidine rings is 1. The van der Waals surface area contributed by atoms with Crippen molar-refractivity contribution in [1.29, 1.82) is 0 Å². The van der Waals surface area contributed by atoms with Gasteiger partial charge in [0.25, 0.3) is 5.56 Å². The van der Waals surface area contributed by atoms with Crippen LogP contribution in [0.25, 0.3) is 10.2 Å². The highest BCUT2D eigenvalue weighted by atomic mass is 32.2. The van der Waals surface area contributed by atoms with Crippen LogP contribution >= 0.6 is 23.1 Å². The molecule has 2 aromatic heterocycles. The summed E-state index contributed by atoms with van der Waals surface area (Å²) in [6.07, 6.45) is 3.16. The molecule has 0 unspecified atom stereocenters. The Balaban J connectivity index is 1.86. The van der Waals surface area contributed by atoms with E-state index in [9.17, 15) is 14.4 Å². The Labute approximate surface area is 171 Å². The molecule has 1 aliphatic rings. The summed E-state index contributed by atoms with van der Waals surface area (Å²) >= 11 is 2.25. The fraction of sp³-hybridized carbons (Fsp3) is 0.556. The number of fused-ring (bicyclic) bond motifs is 1. The smallest absolute Gasteiger partial charge is 0.348 e. The van der Waals surface area contributed by atoms with Gasteiger partial charge in [0, 0.05) is 12.6 Å². The summed E-state index contributed by atoms with van der Waals surface area (Å²) in [5, 5.41) is 0.572. The molecule has 0 aliphatic carbocycles. The number of thiophene rings is 1. The zero-order valence-electron chi connectivity index (χ0n) is 16.2. The van der Waals surface area contributed by atoms with E-state index in [2.05, 4.69) is 11.9 Å². The van der Waals surface area contributed by atoms with Gasteiger partial charge in [-0.2, -0.15) is 0 Å². The Morgan fingerprint density at radius 2 is 2.14 bits per heavy atom. The first-order valence-corrected chi connectivity index (χ1v) is 11.1. The van der Waals surface area contributed by atoms with Crippen LogP contribution < -0.4 is 11.4 Å². The van der Waals surface area contributed by atoms with Crippen LogP contribution in [0.15, 0.2) is 9.95 Å². The lowest BCUT2D eigenvalue weighted by molar-refractivity contribution is -0.131. The summed E-state index contributed by atoms with van der Waals surface area (Å²) in [6.45, 7) is 6.47. The largest absolute Gasteiger partial charge is 0.462 e. The van der Waals surface area contributed by atoms with Gasteiger partial charge in [0.2, 0.25) is 5.91 Å². The van der Waals surface area contributed by atoms with Crippen molar-refractivity contribution >= 4 is 45.2 Å². The van der Waals surface area contributed by atoms with Crippen molar-refractivity contribution in [2.24, 2.45) is 0 Å². The number of likely N-dealkylation sites (tertiary alicyclic amines) is 1. The van der Waals surface area contributed by atoms with E-state index in [1.165, 1.54) is 0 Å². The van der Waals surface area contributed by atoms with Gasteiger partial charge in [-0.25, -0.2) is 14.5 Å². The van der Waals surface area contributed by atoms with Gasteiger partial charge >= 0.3 is 5.97 Å². The summed E-state index contributed by atoms with van der Waals surface area (Å²) in [6, 6.07) is 0.226. The summed E-state index contributed by atoms with van der Waals surface area (Å²) in [7, 11) is 0. The quantitative estimate of drug-likeness (QED) is 0.339. The molecule has 1 atom stereocenters. The number of nitrogen functional groups attached to an aromatic ring is 1. The molecule has 3 heterocycles. The highest BCUT2D eigenvalue weighted by Gasteiger charge is 2.25. The molecular formula is C18H24N4O4S2. The zero-order chi connectivity index (χ0) is 20.4. The molecule has 0 radical (unpaired) electrons. The van der Waals surface area contributed by atoms with Gasteiger partial charge < -0.3 is 15.5 Å². The van der Waals surface area contributed by atoms with E-state index >= 15 is 0 Å². The first kappa shape index (κ1) is 20.7. The standard InChI is InChI=1S/C18H24N4O4S2/c1-4-26-17(25)14-11(3)13-15(28-14)20-18(22(19)16(13)24)27-9-12(23)21-8-6-5-7-10(21)2/h10H,4-9,19H2,1-3H3/t10-/m1/s1. The summed E-state index contributed by atoms with van der Waals surface area (Å²) < 4.78 is 6.00. The van der Waals surface area contributed by atoms with Crippen molar-refractivity contribution in [3.8, 4) is 0 Å². The Hall–Kier alpha value is -2.07. The van der Waals surface area contributed by atoms with Crippen LogP contribution in [0.5, 0.6) is 0 Å². The molecule has 0 saturated carbocycles. The third kappa shape index (κ3) is 3.88. The summed E-state index contributed by atoms with van der Waals surface area (Å²) in [5.41, 5.74) is 0.0838. The van der Waals surface area contributed by atoms with Gasteiger partial charge in [0.05, 0.1) is 17.7 Å². The summed E-state index contributed by atoms with van der Waals surface area (Å²) in [5.74, 6) is 5.64. The van der Waals surface area contributed by atoms with E-state index < -0.39 is 11.5 Å². The molecule has 0 spiro atoms. The molecule has 1 fully saturated rings. The molecule has 0 aromatic carbocycles. The lowest BCUT2D eigenvalue weighted by atomic mass is 10.0. The van der Waals surface area contributed by atoms with Crippen LogP contribution in [-0.2, 0) is 9.53 Å². The second-order valence-electron chi connectivity index (χ2n) is 6.75. The second kappa shape index (κ2) is 8.52. The topological polar surface area (TPSA) is 108 Å². The number of nitrogens with two attached hydrogens (primary N) is 1. The molecule has 1 saturated heterocycles. The van der Waals surface area contributed by atoms with E-state index in [-0.39, 0.29) is 29.5 Å². The van der Waals surface area contributed by atoms with Gasteiger partial charge in [0.15, 0.2) is 5.16 Å². The lowest BCUT2D eigenvalue weighted by Crippen LogP contribution is -2.43. The van der Waals surface area contributed by atoms with Crippen LogP contribution in [-0.4, -0.2) is 51.4 Å². The van der Waals surface area contributed by atoms with Gasteiger partial charge in [-0.3, -0.25) is 9.59 Å². The number of esters is 1. The number of ether oxygens (including phenoxy) is 1. The molecule has 10 heteroatoms. The molecule has 3 rings (SSSR count). The Kier molecular flexibility index (Phi) is 6.29. The molecule has 1 amide bonds. The fourth-order valence-electron chi connectivity index (χ4n) is 3.35. The number of thioether (sulfide) groups is 1. The van der Waals surface area contributed by atoms with Crippen molar-refractivity contribution in [2.75, 3.05) is 24.7 Å². The number of carbonyl (C=O) groups excluding carboxylic acids is 2. The van der Waals surface area contributed by atoms with Gasteiger partial charge in [-0.05, 0) is 45.6 Å². The van der Waals surface area contributed by atoms with Gasteiger partial charge in [-0.1, -0.05) is 11.8 Å². The Morgan fingerprint density at radius 3 is 2.82 bits per heavy atom. The minimum Gasteiger partial charge on any atom is -0.462 e. The van der Waals surface area contributed by atoms with Crippen LogP contribution in [0, 0.1) is 6.92 Å². The van der Waals surface area contributed by atoms with E-state index in [0.717, 1.165) is 53.6 Å². The maximum atomic E-state index is 12.7. The predicted molar refractivity (Wildman–Crippen MR) is 110 cm³/mol. The van der Waals surface area contributed by atoms with Crippen LogP contribution in [0.4, 0.5) is 0 Å². The number of nitrogens with zero attached hydrogens (tertiary/aromatic N) is 3. The zero-order valence-corrected chi connectivity index (χ0v) is 17.8. The minimum atomic E-state index is -0.477. The molecule has 1 aliphatic heterocycles. The number of aryl methyl sites for hydroxylation is 1. The van der Waals surface area contributed by atoms with Gasteiger partial charge in [-0.15, -0.1) is 11.3 Å². The molecule has 28 heavy (non-hydrogen) atoms. The number of rotatable bonds is 5. The maximum absolute atomic E-state index is 12.7. The van der Waals surface area contributed by atoms with Crippen LogP contribution in [0.3, 0.4) is 0 Å². The van der Waals surface area contributed by atoms with E-state index in [0.29, 0.717) is 20.7 Å². The second-order valence-corrected chi connectivity index (χ2v) is 8.69. The van der Waals surface area contributed by atoms with Crippen molar-refractivity contribution in [3.63, 3.8) is 0 Å². The van der Waals surface area contributed by atoms with Crippen molar-refractivity contribution in [1.82, 2.24) is 14.6 Å². The first-order valence-electron chi connectivity index (χ1n) is 9.25. The number of amides is 1. The first-order chi connectivity index (χ1) is 13.3. The fourth-order valence-corrected chi connectivity index (χ4v) is 5.27. The molecular weight excluding hydrogens is 400 g/mol. The predicted octanol–water partition coefficient (Wildman–Crippen LogP) is 2.15. The van der Waals surface area contributed by atoms with Crippen LogP contribution in [0.2, 0.25) is 0 Å². The van der Waals surface area contributed by atoms with E-state index in [4.69, 9.17) is 10.6 Å². The number of hydrogen-bond acceptors (Lipinski definition) is 8. The van der Waals surface area contributed by atoms with Crippen molar-refractivity contribution in [3.05, 3.63) is 20.8 Å². The van der Waals surface area contributed by atoms with Crippen LogP contribution in [0.1, 0.15) is 48.3 Å². The Morgan fingerprint density at radius 1 is 1.39 bits per heavy atom. The highest BCUT2D eigenvalue weighted by Crippen LogP contribution is 2.29. The maximum Gasteiger partial charge on any atom is 0.348 e. The number of aromatic nitrogens is 2. The third-order valence-electron chi connectivity index (χ3n) is 4.87. The summed E-state index contributed by atoms with van der Waals surface area (Å²) in [4.78, 5) is 44.4. The average molecular weight is 425 g/mol. The molecule has 2 aromatic rings. The third-order valence-corrected chi connectivity index (χ3v) is 6.98. The number of hydrogen-bond donors (Lipinski definition) is 1. The average Bonchev–Trinajstić information content (AvgIpc) is 3.00. The van der Waals surface area contributed by atoms with E-state index in [1.807, 2.05) is 4.90 Å². The van der Waals surface area contributed by atoms with Crippen molar-refractivity contribution < 1.29 is 14.3 Å². The Bertz CT molecular complexity index is 969. The molecule has 0 bridgehead atoms.